The van der Waals surface area contributed by atoms with Crippen molar-refractivity contribution in [2.45, 2.75) is 13.0 Å². The molecule has 1 unspecified atom stereocenters. The fraction of sp³-hybridized carbons (Fsp3) is 0.188. The number of halogens is 1. The van der Waals surface area contributed by atoms with E-state index in [2.05, 4.69) is 17.2 Å². The molecular formula is C16H15ClN2OS. The molecule has 3 aromatic rings. The molecule has 0 radical (unpaired) electrons. The summed E-state index contributed by atoms with van der Waals surface area (Å²) in [6.07, 6.45) is 1.79. The minimum absolute atomic E-state index is 0.145. The molecule has 0 amide bonds. The lowest BCUT2D eigenvalue weighted by atomic mass is 10.1. The van der Waals surface area contributed by atoms with Crippen molar-refractivity contribution < 1.29 is 4.74 Å². The summed E-state index contributed by atoms with van der Waals surface area (Å²) >= 11 is 7.58. The molecule has 3 rings (SSSR count). The van der Waals surface area contributed by atoms with Crippen LogP contribution in [0.4, 0.5) is 5.82 Å². The van der Waals surface area contributed by atoms with E-state index in [1.165, 1.54) is 4.88 Å². The number of benzene rings is 1. The molecule has 0 fully saturated rings. The van der Waals surface area contributed by atoms with Crippen LogP contribution in [0.5, 0.6) is 5.75 Å². The average molecular weight is 319 g/mol. The predicted molar refractivity (Wildman–Crippen MR) is 89.7 cm³/mol. The number of hydrogen-bond acceptors (Lipinski definition) is 4. The molecule has 0 bridgehead atoms. The largest absolute Gasteiger partial charge is 0.496 e. The quantitative estimate of drug-likeness (QED) is 0.724. The third kappa shape index (κ3) is 2.82. The van der Waals surface area contributed by atoms with Gasteiger partial charge in [0.15, 0.2) is 0 Å². The molecule has 1 N–H and O–H groups in total. The maximum atomic E-state index is 6.00. The first kappa shape index (κ1) is 14.2. The third-order valence-electron chi connectivity index (χ3n) is 3.36. The number of fused-ring (bicyclic) bond motifs is 1. The molecule has 108 valence electrons. The molecule has 3 nitrogen and oxygen atoms in total. The second kappa shape index (κ2) is 5.92. The first-order chi connectivity index (χ1) is 10.2. The monoisotopic (exact) mass is 318 g/mol. The number of methoxy groups -OCH3 is 1. The van der Waals surface area contributed by atoms with Crippen molar-refractivity contribution in [3.05, 3.63) is 51.8 Å². The summed E-state index contributed by atoms with van der Waals surface area (Å²) in [6.45, 7) is 2.10. The first-order valence-corrected chi connectivity index (χ1v) is 7.82. The third-order valence-corrected chi connectivity index (χ3v) is 4.77. The van der Waals surface area contributed by atoms with Crippen LogP contribution in [-0.4, -0.2) is 12.1 Å². The van der Waals surface area contributed by atoms with Gasteiger partial charge < -0.3 is 10.1 Å². The Labute approximate surface area is 132 Å². The molecule has 5 heteroatoms. The van der Waals surface area contributed by atoms with Gasteiger partial charge in [-0.15, -0.1) is 11.3 Å². The number of anilines is 1. The Kier molecular flexibility index (Phi) is 3.99. The molecule has 0 saturated carbocycles. The van der Waals surface area contributed by atoms with E-state index in [1.807, 2.05) is 36.4 Å². The van der Waals surface area contributed by atoms with Crippen molar-refractivity contribution in [1.82, 2.24) is 4.98 Å². The molecular weight excluding hydrogens is 304 g/mol. The van der Waals surface area contributed by atoms with Crippen molar-refractivity contribution in [1.29, 1.82) is 0 Å². The molecule has 0 aliphatic rings. The van der Waals surface area contributed by atoms with E-state index in [4.69, 9.17) is 16.3 Å². The summed E-state index contributed by atoms with van der Waals surface area (Å²) < 4.78 is 6.20. The van der Waals surface area contributed by atoms with Crippen LogP contribution >= 0.6 is 22.9 Å². The highest BCUT2D eigenvalue weighted by atomic mass is 35.5. The SMILES string of the molecule is COc1cccc2c(NC(C)c3ccc(Cl)s3)nccc12. The van der Waals surface area contributed by atoms with E-state index >= 15 is 0 Å². The molecule has 0 saturated heterocycles. The summed E-state index contributed by atoms with van der Waals surface area (Å²) in [5, 5.41) is 5.55. The maximum Gasteiger partial charge on any atom is 0.134 e. The van der Waals surface area contributed by atoms with Crippen LogP contribution < -0.4 is 10.1 Å². The zero-order chi connectivity index (χ0) is 14.8. The Bertz CT molecular complexity index is 772. The number of pyridine rings is 1. The highest BCUT2D eigenvalue weighted by molar-refractivity contribution is 7.16. The topological polar surface area (TPSA) is 34.1 Å². The number of thiophene rings is 1. The van der Waals surface area contributed by atoms with Gasteiger partial charge in [-0.3, -0.25) is 0 Å². The second-order valence-electron chi connectivity index (χ2n) is 4.72. The van der Waals surface area contributed by atoms with Gasteiger partial charge in [-0.05, 0) is 31.2 Å². The van der Waals surface area contributed by atoms with Gasteiger partial charge in [0.05, 0.1) is 17.5 Å². The van der Waals surface area contributed by atoms with Crippen LogP contribution in [-0.2, 0) is 0 Å². The van der Waals surface area contributed by atoms with Gasteiger partial charge in [0.25, 0.3) is 0 Å². The highest BCUT2D eigenvalue weighted by Gasteiger charge is 2.12. The van der Waals surface area contributed by atoms with Crippen molar-refractivity contribution >= 4 is 39.5 Å². The minimum Gasteiger partial charge on any atom is -0.496 e. The van der Waals surface area contributed by atoms with Crippen LogP contribution in [0, 0.1) is 0 Å². The van der Waals surface area contributed by atoms with Crippen LogP contribution in [0.15, 0.2) is 42.6 Å². The molecule has 0 spiro atoms. The number of ether oxygens (including phenoxy) is 1. The van der Waals surface area contributed by atoms with E-state index < -0.39 is 0 Å². The molecule has 2 aromatic heterocycles. The molecule has 0 aliphatic carbocycles. The van der Waals surface area contributed by atoms with Crippen molar-refractivity contribution in [2.24, 2.45) is 0 Å². The van der Waals surface area contributed by atoms with Crippen molar-refractivity contribution in [2.75, 3.05) is 12.4 Å². The smallest absolute Gasteiger partial charge is 0.134 e. The van der Waals surface area contributed by atoms with Gasteiger partial charge in [-0.25, -0.2) is 4.98 Å². The normalized spacial score (nSPS) is 12.3. The molecule has 2 heterocycles. The molecule has 0 aliphatic heterocycles. The number of hydrogen-bond donors (Lipinski definition) is 1. The molecule has 1 atom stereocenters. The number of rotatable bonds is 4. The number of nitrogens with one attached hydrogen (secondary N) is 1. The maximum absolute atomic E-state index is 6.00. The van der Waals surface area contributed by atoms with Crippen LogP contribution in [0.1, 0.15) is 17.8 Å². The summed E-state index contributed by atoms with van der Waals surface area (Å²) in [6, 6.07) is 12.0. The molecule has 21 heavy (non-hydrogen) atoms. The van der Waals surface area contributed by atoms with Gasteiger partial charge in [-0.2, -0.15) is 0 Å². The Morgan fingerprint density at radius 2 is 2.05 bits per heavy atom. The average Bonchev–Trinajstić information content (AvgIpc) is 2.93. The lowest BCUT2D eigenvalue weighted by molar-refractivity contribution is 0.420. The predicted octanol–water partition coefficient (Wildman–Crippen LogP) is 5.13. The van der Waals surface area contributed by atoms with Gasteiger partial charge >= 0.3 is 0 Å². The van der Waals surface area contributed by atoms with E-state index in [9.17, 15) is 0 Å². The lowest BCUT2D eigenvalue weighted by Crippen LogP contribution is -2.06. The summed E-state index contributed by atoms with van der Waals surface area (Å²) in [4.78, 5) is 5.64. The number of nitrogens with zero attached hydrogens (tertiary/aromatic N) is 1. The fourth-order valence-electron chi connectivity index (χ4n) is 2.31. The fourth-order valence-corrected chi connectivity index (χ4v) is 3.37. The lowest BCUT2D eigenvalue weighted by Gasteiger charge is -2.15. The van der Waals surface area contributed by atoms with E-state index in [0.29, 0.717) is 0 Å². The van der Waals surface area contributed by atoms with Gasteiger partial charge in [0.2, 0.25) is 0 Å². The van der Waals surface area contributed by atoms with Gasteiger partial charge in [0.1, 0.15) is 11.6 Å². The Hall–Kier alpha value is -1.78. The zero-order valence-electron chi connectivity index (χ0n) is 11.8. The van der Waals surface area contributed by atoms with E-state index in [1.54, 1.807) is 24.6 Å². The Morgan fingerprint density at radius 1 is 1.19 bits per heavy atom. The van der Waals surface area contributed by atoms with Crippen molar-refractivity contribution in [3.8, 4) is 5.75 Å². The van der Waals surface area contributed by atoms with Gasteiger partial charge in [0, 0.05) is 21.8 Å². The highest BCUT2D eigenvalue weighted by Crippen LogP contribution is 2.33. The summed E-state index contributed by atoms with van der Waals surface area (Å²) in [5.41, 5.74) is 0. The first-order valence-electron chi connectivity index (χ1n) is 6.62. The molecule has 1 aromatic carbocycles. The van der Waals surface area contributed by atoms with Gasteiger partial charge in [-0.1, -0.05) is 23.7 Å². The summed E-state index contributed by atoms with van der Waals surface area (Å²) in [5.74, 6) is 1.70. The van der Waals surface area contributed by atoms with Crippen LogP contribution in [0.25, 0.3) is 10.8 Å². The zero-order valence-corrected chi connectivity index (χ0v) is 13.3. The van der Waals surface area contributed by atoms with Crippen LogP contribution in [0.3, 0.4) is 0 Å². The Morgan fingerprint density at radius 3 is 2.76 bits per heavy atom. The summed E-state index contributed by atoms with van der Waals surface area (Å²) in [7, 11) is 1.68. The van der Waals surface area contributed by atoms with E-state index in [0.717, 1.165) is 26.7 Å². The second-order valence-corrected chi connectivity index (χ2v) is 6.47. The minimum atomic E-state index is 0.145. The standard InChI is InChI=1S/C16H15ClN2OS/c1-10(14-6-7-15(17)21-14)19-16-12-4-3-5-13(20-2)11(12)8-9-18-16/h3-10H,1-2H3,(H,18,19). The van der Waals surface area contributed by atoms with Crippen LogP contribution in [0.2, 0.25) is 4.34 Å². The van der Waals surface area contributed by atoms with Crippen molar-refractivity contribution in [3.63, 3.8) is 0 Å². The Balaban J connectivity index is 1.97. The van der Waals surface area contributed by atoms with E-state index in [-0.39, 0.29) is 6.04 Å². The number of aromatic nitrogens is 1.